The summed E-state index contributed by atoms with van der Waals surface area (Å²) in [6, 6.07) is 7.81. The van der Waals surface area contributed by atoms with Crippen LogP contribution in [0.4, 0.5) is 0 Å². The monoisotopic (exact) mass is 331 g/mol. The molecule has 5 heteroatoms. The zero-order valence-electron chi connectivity index (χ0n) is 15.2. The van der Waals surface area contributed by atoms with Gasteiger partial charge in [0.15, 0.2) is 0 Å². The Balaban J connectivity index is 2.28. The van der Waals surface area contributed by atoms with Crippen molar-refractivity contribution in [3.05, 3.63) is 30.1 Å². The molecule has 0 saturated heterocycles. The van der Waals surface area contributed by atoms with Gasteiger partial charge in [-0.1, -0.05) is 39.8 Å². The third-order valence-electron chi connectivity index (χ3n) is 3.89. The van der Waals surface area contributed by atoms with Crippen LogP contribution in [0, 0.1) is 11.8 Å². The molecule has 1 heterocycles. The second kappa shape index (κ2) is 8.29. The van der Waals surface area contributed by atoms with E-state index >= 15 is 0 Å². The molecular weight excluding hydrogens is 302 g/mol. The third-order valence-corrected chi connectivity index (χ3v) is 3.89. The fourth-order valence-corrected chi connectivity index (χ4v) is 2.99. The number of aliphatic hydroxyl groups is 1. The lowest BCUT2D eigenvalue weighted by Crippen LogP contribution is -2.39. The Labute approximate surface area is 144 Å². The lowest BCUT2D eigenvalue weighted by molar-refractivity contribution is -0.132. The number of carbonyl (C=O) groups is 1. The number of hydrogen-bond donors (Lipinski definition) is 1. The summed E-state index contributed by atoms with van der Waals surface area (Å²) in [6.45, 7) is 10.3. The molecule has 0 spiro atoms. The van der Waals surface area contributed by atoms with E-state index in [2.05, 4.69) is 32.7 Å². The van der Waals surface area contributed by atoms with Gasteiger partial charge in [-0.25, -0.2) is 4.98 Å². The summed E-state index contributed by atoms with van der Waals surface area (Å²) in [5, 5.41) is 9.30. The highest BCUT2D eigenvalue weighted by Gasteiger charge is 2.19. The molecule has 1 aromatic carbocycles. The van der Waals surface area contributed by atoms with Crippen molar-refractivity contribution in [2.45, 2.75) is 40.7 Å². The van der Waals surface area contributed by atoms with Crippen LogP contribution in [0.2, 0.25) is 0 Å². The number of para-hydroxylation sites is 2. The summed E-state index contributed by atoms with van der Waals surface area (Å²) >= 11 is 0. The van der Waals surface area contributed by atoms with Crippen molar-refractivity contribution in [3.63, 3.8) is 0 Å². The Bertz CT molecular complexity index is 666. The maximum absolute atomic E-state index is 12.9. The number of carbonyl (C=O) groups excluding carboxylic acids is 1. The van der Waals surface area contributed by atoms with Crippen LogP contribution in [0.5, 0.6) is 0 Å². The van der Waals surface area contributed by atoms with Crippen LogP contribution in [0.25, 0.3) is 11.0 Å². The highest BCUT2D eigenvalue weighted by atomic mass is 16.3. The minimum absolute atomic E-state index is 0.0270. The molecule has 2 rings (SSSR count). The van der Waals surface area contributed by atoms with E-state index in [-0.39, 0.29) is 19.1 Å². The first-order chi connectivity index (χ1) is 11.4. The summed E-state index contributed by atoms with van der Waals surface area (Å²) in [5.74, 6) is 1.74. The molecule has 2 aromatic rings. The highest BCUT2D eigenvalue weighted by Crippen LogP contribution is 2.17. The van der Waals surface area contributed by atoms with Crippen molar-refractivity contribution >= 4 is 16.9 Å². The molecule has 0 saturated carbocycles. The maximum Gasteiger partial charge on any atom is 0.242 e. The molecule has 0 atom stereocenters. The average molecular weight is 331 g/mol. The Kier molecular flexibility index (Phi) is 6.37. The maximum atomic E-state index is 12.9. The molecule has 0 radical (unpaired) electrons. The van der Waals surface area contributed by atoms with Crippen molar-refractivity contribution in [1.82, 2.24) is 14.5 Å². The molecule has 5 nitrogen and oxygen atoms in total. The Morgan fingerprint density at radius 1 is 1.17 bits per heavy atom. The van der Waals surface area contributed by atoms with E-state index in [0.29, 0.717) is 18.3 Å². The Hall–Kier alpha value is -1.88. The van der Waals surface area contributed by atoms with Crippen LogP contribution in [-0.4, -0.2) is 45.2 Å². The summed E-state index contributed by atoms with van der Waals surface area (Å²) in [7, 11) is 0. The van der Waals surface area contributed by atoms with E-state index in [4.69, 9.17) is 0 Å². The molecule has 24 heavy (non-hydrogen) atoms. The first-order valence-electron chi connectivity index (χ1n) is 8.75. The molecular formula is C19H29N3O2. The van der Waals surface area contributed by atoms with E-state index in [0.717, 1.165) is 29.9 Å². The topological polar surface area (TPSA) is 58.4 Å². The Morgan fingerprint density at radius 3 is 2.38 bits per heavy atom. The van der Waals surface area contributed by atoms with E-state index in [1.54, 1.807) is 0 Å². The fraction of sp³-hybridized carbons (Fsp3) is 0.579. The predicted octanol–water partition coefficient (Wildman–Crippen LogP) is 2.71. The second-order valence-electron chi connectivity index (χ2n) is 7.16. The smallest absolute Gasteiger partial charge is 0.242 e. The standard InChI is InChI=1S/C19H29N3O2/c1-14(2)11-21(12-15(3)4)19(24)13-22-17-8-6-5-7-16(17)20-18(22)9-10-23/h5-8,14-15,23H,9-13H2,1-4H3. The normalized spacial score (nSPS) is 11.6. The summed E-state index contributed by atoms with van der Waals surface area (Å²) in [4.78, 5) is 19.4. The van der Waals surface area contributed by atoms with E-state index in [9.17, 15) is 9.90 Å². The van der Waals surface area contributed by atoms with E-state index in [1.165, 1.54) is 0 Å². The predicted molar refractivity (Wildman–Crippen MR) is 96.8 cm³/mol. The van der Waals surface area contributed by atoms with Crippen LogP contribution < -0.4 is 0 Å². The quantitative estimate of drug-likeness (QED) is 0.809. The van der Waals surface area contributed by atoms with Gasteiger partial charge in [-0.15, -0.1) is 0 Å². The molecule has 0 aliphatic heterocycles. The molecule has 1 amide bonds. The highest BCUT2D eigenvalue weighted by molar-refractivity contribution is 5.81. The molecule has 132 valence electrons. The van der Waals surface area contributed by atoms with Gasteiger partial charge in [-0.05, 0) is 24.0 Å². The summed E-state index contributed by atoms with van der Waals surface area (Å²) < 4.78 is 1.95. The summed E-state index contributed by atoms with van der Waals surface area (Å²) in [5.41, 5.74) is 1.82. The lowest BCUT2D eigenvalue weighted by atomic mass is 10.1. The first kappa shape index (κ1) is 18.5. The molecule has 0 unspecified atom stereocenters. The van der Waals surface area contributed by atoms with E-state index in [1.807, 2.05) is 33.7 Å². The van der Waals surface area contributed by atoms with Crippen molar-refractivity contribution in [2.24, 2.45) is 11.8 Å². The number of hydrogen-bond acceptors (Lipinski definition) is 3. The van der Waals surface area contributed by atoms with Gasteiger partial charge < -0.3 is 14.6 Å². The first-order valence-corrected chi connectivity index (χ1v) is 8.75. The van der Waals surface area contributed by atoms with Crippen LogP contribution >= 0.6 is 0 Å². The number of imidazole rings is 1. The van der Waals surface area contributed by atoms with Crippen molar-refractivity contribution < 1.29 is 9.90 Å². The van der Waals surface area contributed by atoms with Crippen LogP contribution in [0.3, 0.4) is 0 Å². The number of aliphatic hydroxyl groups excluding tert-OH is 1. The molecule has 0 bridgehead atoms. The minimum atomic E-state index is 0.0270. The number of aromatic nitrogens is 2. The number of amides is 1. The zero-order chi connectivity index (χ0) is 17.7. The van der Waals surface area contributed by atoms with Gasteiger partial charge >= 0.3 is 0 Å². The zero-order valence-corrected chi connectivity index (χ0v) is 15.2. The largest absolute Gasteiger partial charge is 0.396 e. The molecule has 0 aliphatic rings. The molecule has 0 fully saturated rings. The SMILES string of the molecule is CC(C)CN(CC(C)C)C(=O)Cn1c(CCO)nc2ccccc21. The number of benzene rings is 1. The van der Waals surface area contributed by atoms with Gasteiger partial charge in [0, 0.05) is 19.5 Å². The van der Waals surface area contributed by atoms with Gasteiger partial charge in [0.25, 0.3) is 0 Å². The van der Waals surface area contributed by atoms with Gasteiger partial charge in [0.1, 0.15) is 12.4 Å². The molecule has 1 aromatic heterocycles. The van der Waals surface area contributed by atoms with Crippen molar-refractivity contribution in [2.75, 3.05) is 19.7 Å². The average Bonchev–Trinajstić information content (AvgIpc) is 2.84. The number of nitrogens with zero attached hydrogens (tertiary/aromatic N) is 3. The van der Waals surface area contributed by atoms with Gasteiger partial charge in [-0.2, -0.15) is 0 Å². The Morgan fingerprint density at radius 2 is 1.79 bits per heavy atom. The number of rotatable bonds is 8. The van der Waals surface area contributed by atoms with Crippen molar-refractivity contribution in [1.29, 1.82) is 0 Å². The van der Waals surface area contributed by atoms with Crippen molar-refractivity contribution in [3.8, 4) is 0 Å². The fourth-order valence-electron chi connectivity index (χ4n) is 2.99. The van der Waals surface area contributed by atoms with Gasteiger partial charge in [0.2, 0.25) is 5.91 Å². The van der Waals surface area contributed by atoms with Crippen LogP contribution in [-0.2, 0) is 17.8 Å². The lowest BCUT2D eigenvalue weighted by Gasteiger charge is -2.27. The van der Waals surface area contributed by atoms with Crippen LogP contribution in [0.15, 0.2) is 24.3 Å². The summed E-state index contributed by atoms with van der Waals surface area (Å²) in [6.07, 6.45) is 0.455. The van der Waals surface area contributed by atoms with E-state index < -0.39 is 0 Å². The minimum Gasteiger partial charge on any atom is -0.396 e. The second-order valence-corrected chi connectivity index (χ2v) is 7.16. The van der Waals surface area contributed by atoms with Gasteiger partial charge in [0.05, 0.1) is 17.6 Å². The number of fused-ring (bicyclic) bond motifs is 1. The van der Waals surface area contributed by atoms with Crippen LogP contribution in [0.1, 0.15) is 33.5 Å². The molecule has 0 aliphatic carbocycles. The van der Waals surface area contributed by atoms with Gasteiger partial charge in [-0.3, -0.25) is 4.79 Å². The third kappa shape index (κ3) is 4.57. The molecule has 1 N–H and O–H groups in total.